The minimum atomic E-state index is -4.78. The summed E-state index contributed by atoms with van der Waals surface area (Å²) >= 11 is 0. The number of aromatic nitrogens is 3. The highest BCUT2D eigenvalue weighted by molar-refractivity contribution is 5.94. The first-order chi connectivity index (χ1) is 13.3. The van der Waals surface area contributed by atoms with Gasteiger partial charge in [-0.1, -0.05) is 0 Å². The Morgan fingerprint density at radius 3 is 2.39 bits per heavy atom. The number of carbonyl (C=O) groups is 1. The van der Waals surface area contributed by atoms with Gasteiger partial charge in [0.1, 0.15) is 17.3 Å². The molecule has 0 amide bonds. The van der Waals surface area contributed by atoms with Crippen LogP contribution >= 0.6 is 0 Å². The summed E-state index contributed by atoms with van der Waals surface area (Å²) < 4.78 is 42.6. The smallest absolute Gasteiger partial charge is 0.477 e. The Hall–Kier alpha value is -3.36. The number of imidazole rings is 1. The maximum atomic E-state index is 12.4. The van der Waals surface area contributed by atoms with Crippen molar-refractivity contribution in [3.63, 3.8) is 0 Å². The van der Waals surface area contributed by atoms with E-state index in [0.29, 0.717) is 17.0 Å². The van der Waals surface area contributed by atoms with E-state index in [4.69, 9.17) is 0 Å². The molecule has 0 aliphatic heterocycles. The maximum absolute atomic E-state index is 12.4. The van der Waals surface area contributed by atoms with Crippen molar-refractivity contribution in [3.05, 3.63) is 54.5 Å². The minimum absolute atomic E-state index is 0.00915. The molecule has 0 atom stereocenters. The summed E-state index contributed by atoms with van der Waals surface area (Å²) in [6, 6.07) is 8.60. The zero-order valence-corrected chi connectivity index (χ0v) is 14.3. The van der Waals surface area contributed by atoms with Crippen molar-refractivity contribution in [1.29, 1.82) is 0 Å². The summed E-state index contributed by atoms with van der Waals surface area (Å²) in [4.78, 5) is 20.5. The van der Waals surface area contributed by atoms with E-state index >= 15 is 0 Å². The summed E-state index contributed by atoms with van der Waals surface area (Å²) in [5, 5.41) is 9.79. The predicted octanol–water partition coefficient (Wildman–Crippen LogP) is 4.54. The number of ether oxygens (including phenoxy) is 1. The van der Waals surface area contributed by atoms with Crippen LogP contribution in [0.15, 0.2) is 48.8 Å². The molecule has 1 fully saturated rings. The lowest BCUT2D eigenvalue weighted by atomic mass is 10.1. The molecule has 2 aromatic heterocycles. The second-order valence-corrected chi connectivity index (χ2v) is 6.35. The van der Waals surface area contributed by atoms with Gasteiger partial charge in [-0.05, 0) is 49.2 Å². The Kier molecular flexibility index (Phi) is 4.29. The third kappa shape index (κ3) is 3.55. The van der Waals surface area contributed by atoms with E-state index in [0.717, 1.165) is 12.8 Å². The largest absolute Gasteiger partial charge is 0.573 e. The van der Waals surface area contributed by atoms with Gasteiger partial charge in [0.15, 0.2) is 5.69 Å². The highest BCUT2D eigenvalue weighted by Crippen LogP contribution is 2.42. The number of aromatic carboxylic acids is 1. The Balaban J connectivity index is 1.82. The molecule has 0 unspecified atom stereocenters. The van der Waals surface area contributed by atoms with Crippen LogP contribution in [-0.2, 0) is 0 Å². The van der Waals surface area contributed by atoms with E-state index in [9.17, 15) is 23.1 Å². The van der Waals surface area contributed by atoms with E-state index in [1.165, 1.54) is 30.5 Å². The monoisotopic (exact) mass is 389 g/mol. The average Bonchev–Trinajstić information content (AvgIpc) is 3.41. The van der Waals surface area contributed by atoms with Gasteiger partial charge >= 0.3 is 12.3 Å². The van der Waals surface area contributed by atoms with Gasteiger partial charge in [-0.15, -0.1) is 13.2 Å². The van der Waals surface area contributed by atoms with Crippen molar-refractivity contribution in [2.24, 2.45) is 0 Å². The first-order valence-electron chi connectivity index (χ1n) is 8.45. The highest BCUT2D eigenvalue weighted by Gasteiger charge is 2.34. The lowest BCUT2D eigenvalue weighted by Crippen LogP contribution is -2.17. The fourth-order valence-electron chi connectivity index (χ4n) is 3.04. The molecule has 28 heavy (non-hydrogen) atoms. The fraction of sp³-hybridized carbons (Fsp3) is 0.211. The van der Waals surface area contributed by atoms with Gasteiger partial charge in [-0.25, -0.2) is 9.78 Å². The molecule has 2 heterocycles. The SMILES string of the molecule is O=C(O)c1c(-c2cccnc2)nc(-c2ccc(OC(F)(F)F)cc2)n1C1CC1. The average molecular weight is 389 g/mol. The quantitative estimate of drug-likeness (QED) is 0.693. The van der Waals surface area contributed by atoms with Crippen molar-refractivity contribution < 1.29 is 27.8 Å². The molecule has 1 aromatic carbocycles. The Labute approximate surface area is 157 Å². The molecule has 1 aliphatic rings. The number of hydrogen-bond donors (Lipinski definition) is 1. The molecule has 4 rings (SSSR count). The van der Waals surface area contributed by atoms with Gasteiger partial charge in [-0.2, -0.15) is 0 Å². The van der Waals surface area contributed by atoms with Crippen molar-refractivity contribution >= 4 is 5.97 Å². The number of halogens is 3. The summed E-state index contributed by atoms with van der Waals surface area (Å²) in [6.45, 7) is 0. The number of benzene rings is 1. The van der Waals surface area contributed by atoms with Crippen LogP contribution in [0.3, 0.4) is 0 Å². The lowest BCUT2D eigenvalue weighted by molar-refractivity contribution is -0.274. The molecule has 9 heteroatoms. The van der Waals surface area contributed by atoms with Crippen molar-refractivity contribution in [2.75, 3.05) is 0 Å². The molecule has 144 valence electrons. The molecule has 0 saturated heterocycles. The molecule has 3 aromatic rings. The first-order valence-corrected chi connectivity index (χ1v) is 8.45. The Morgan fingerprint density at radius 1 is 1.14 bits per heavy atom. The molecule has 1 N–H and O–H groups in total. The number of carboxylic acids is 1. The van der Waals surface area contributed by atoms with Crippen LogP contribution in [0.25, 0.3) is 22.6 Å². The van der Waals surface area contributed by atoms with Crippen molar-refractivity contribution in [2.45, 2.75) is 25.2 Å². The zero-order chi connectivity index (χ0) is 19.9. The minimum Gasteiger partial charge on any atom is -0.477 e. The molecule has 6 nitrogen and oxygen atoms in total. The number of alkyl halides is 3. The van der Waals surface area contributed by atoms with Gasteiger partial charge in [0.2, 0.25) is 0 Å². The molecule has 1 aliphatic carbocycles. The van der Waals surface area contributed by atoms with E-state index < -0.39 is 12.3 Å². The second-order valence-electron chi connectivity index (χ2n) is 6.35. The van der Waals surface area contributed by atoms with E-state index in [1.54, 1.807) is 22.9 Å². The predicted molar refractivity (Wildman–Crippen MR) is 92.8 cm³/mol. The third-order valence-electron chi connectivity index (χ3n) is 4.31. The van der Waals surface area contributed by atoms with Gasteiger partial charge in [0.05, 0.1) is 0 Å². The van der Waals surface area contributed by atoms with E-state index in [2.05, 4.69) is 14.7 Å². The standard InChI is InChI=1S/C19H14F3N3O3/c20-19(21,22)28-14-7-3-11(4-8-14)17-24-15(12-2-1-9-23-10-12)16(18(26)27)25(17)13-5-6-13/h1-4,7-10,13H,5-6H2,(H,26,27). The second kappa shape index (κ2) is 6.66. The van der Waals surface area contributed by atoms with Crippen LogP contribution in [0.4, 0.5) is 13.2 Å². The molecular formula is C19H14F3N3O3. The molecule has 1 saturated carbocycles. The Morgan fingerprint density at radius 2 is 1.86 bits per heavy atom. The third-order valence-corrected chi connectivity index (χ3v) is 4.31. The molecular weight excluding hydrogens is 375 g/mol. The van der Waals surface area contributed by atoms with Gasteiger partial charge in [-0.3, -0.25) is 4.98 Å². The summed E-state index contributed by atoms with van der Waals surface area (Å²) in [5.41, 5.74) is 1.37. The van der Waals surface area contributed by atoms with Crippen LogP contribution in [0.5, 0.6) is 5.75 Å². The van der Waals surface area contributed by atoms with Crippen molar-refractivity contribution in [3.8, 4) is 28.4 Å². The van der Waals surface area contributed by atoms with Crippen LogP contribution in [-0.4, -0.2) is 32.0 Å². The van der Waals surface area contributed by atoms with E-state index in [-0.39, 0.29) is 23.2 Å². The fourth-order valence-corrected chi connectivity index (χ4v) is 3.04. The number of hydrogen-bond acceptors (Lipinski definition) is 4. The molecule has 0 radical (unpaired) electrons. The van der Waals surface area contributed by atoms with Crippen LogP contribution in [0, 0.1) is 0 Å². The van der Waals surface area contributed by atoms with Gasteiger partial charge in [0.25, 0.3) is 0 Å². The number of nitrogens with zero attached hydrogens (tertiary/aromatic N) is 3. The van der Waals surface area contributed by atoms with E-state index in [1.807, 2.05) is 0 Å². The molecule has 0 bridgehead atoms. The molecule has 0 spiro atoms. The van der Waals surface area contributed by atoms with Crippen LogP contribution in [0.1, 0.15) is 29.4 Å². The number of carboxylic acid groups (broad SMARTS) is 1. The number of rotatable bonds is 5. The van der Waals surface area contributed by atoms with Gasteiger partial charge < -0.3 is 14.4 Å². The highest BCUT2D eigenvalue weighted by atomic mass is 19.4. The van der Waals surface area contributed by atoms with Crippen molar-refractivity contribution in [1.82, 2.24) is 14.5 Å². The first kappa shape index (κ1) is 18.0. The lowest BCUT2D eigenvalue weighted by Gasteiger charge is -2.11. The normalized spacial score (nSPS) is 14.1. The summed E-state index contributed by atoms with van der Waals surface area (Å²) in [6.07, 6.45) is -0.0626. The summed E-state index contributed by atoms with van der Waals surface area (Å²) in [7, 11) is 0. The van der Waals surface area contributed by atoms with Crippen LogP contribution in [0.2, 0.25) is 0 Å². The maximum Gasteiger partial charge on any atom is 0.573 e. The zero-order valence-electron chi connectivity index (χ0n) is 14.3. The van der Waals surface area contributed by atoms with Gasteiger partial charge in [0, 0.05) is 29.6 Å². The summed E-state index contributed by atoms with van der Waals surface area (Å²) in [5.74, 6) is -1.09. The van der Waals surface area contributed by atoms with Crippen LogP contribution < -0.4 is 4.74 Å². The Bertz CT molecular complexity index is 1010. The topological polar surface area (TPSA) is 77.2 Å². The number of pyridine rings is 1.